The van der Waals surface area contributed by atoms with E-state index in [1.807, 2.05) is 7.05 Å². The Hall–Kier alpha value is -1.06. The van der Waals surface area contributed by atoms with Crippen LogP contribution in [0.15, 0.2) is 12.1 Å². The molecule has 19 heavy (non-hydrogen) atoms. The minimum absolute atomic E-state index is 0.316. The van der Waals surface area contributed by atoms with Gasteiger partial charge in [0.2, 0.25) is 0 Å². The van der Waals surface area contributed by atoms with E-state index in [1.54, 1.807) is 7.11 Å². The zero-order valence-electron chi connectivity index (χ0n) is 12.5. The predicted molar refractivity (Wildman–Crippen MR) is 79.9 cm³/mol. The van der Waals surface area contributed by atoms with Gasteiger partial charge in [-0.1, -0.05) is 12.5 Å². The molecule has 3 heteroatoms. The number of methoxy groups -OCH3 is 1. The van der Waals surface area contributed by atoms with Crippen LogP contribution in [0.3, 0.4) is 0 Å². The Morgan fingerprint density at radius 1 is 1.32 bits per heavy atom. The monoisotopic (exact) mass is 262 g/mol. The van der Waals surface area contributed by atoms with Gasteiger partial charge >= 0.3 is 0 Å². The zero-order chi connectivity index (χ0) is 13.8. The Morgan fingerprint density at radius 3 is 2.68 bits per heavy atom. The van der Waals surface area contributed by atoms with Crippen LogP contribution in [0.5, 0.6) is 5.75 Å². The summed E-state index contributed by atoms with van der Waals surface area (Å²) in [6.07, 6.45) is 3.82. The van der Waals surface area contributed by atoms with E-state index in [2.05, 4.69) is 36.6 Å². The summed E-state index contributed by atoms with van der Waals surface area (Å²) in [7, 11) is 3.80. The molecule has 1 saturated heterocycles. The summed E-state index contributed by atoms with van der Waals surface area (Å²) in [5, 5.41) is 7.12. The van der Waals surface area contributed by atoms with Crippen molar-refractivity contribution in [3.8, 4) is 5.75 Å². The molecule has 1 fully saturated rings. The maximum atomic E-state index is 5.61. The van der Waals surface area contributed by atoms with E-state index >= 15 is 0 Å². The van der Waals surface area contributed by atoms with Gasteiger partial charge in [0.15, 0.2) is 0 Å². The summed E-state index contributed by atoms with van der Waals surface area (Å²) in [5.74, 6) is 1.00. The van der Waals surface area contributed by atoms with E-state index in [0.717, 1.165) is 12.3 Å². The Kier molecular flexibility index (Phi) is 4.83. The average molecular weight is 262 g/mol. The van der Waals surface area contributed by atoms with Crippen LogP contribution in [0.4, 0.5) is 0 Å². The zero-order valence-corrected chi connectivity index (χ0v) is 12.5. The lowest BCUT2D eigenvalue weighted by Gasteiger charge is -2.33. The molecule has 0 spiro atoms. The molecule has 2 rings (SSSR count). The molecule has 1 aromatic carbocycles. The van der Waals surface area contributed by atoms with E-state index < -0.39 is 0 Å². The maximum Gasteiger partial charge on any atom is 0.124 e. The van der Waals surface area contributed by atoms with Gasteiger partial charge in [-0.2, -0.15) is 0 Å². The Balaban J connectivity index is 2.36. The number of hydrogen-bond donors (Lipinski definition) is 2. The number of rotatable bonds is 4. The quantitative estimate of drug-likeness (QED) is 0.875. The van der Waals surface area contributed by atoms with Crippen molar-refractivity contribution in [2.75, 3.05) is 20.7 Å². The van der Waals surface area contributed by atoms with Crippen molar-refractivity contribution < 1.29 is 4.74 Å². The fourth-order valence-electron chi connectivity index (χ4n) is 3.22. The van der Waals surface area contributed by atoms with Gasteiger partial charge in [0.05, 0.1) is 13.2 Å². The number of ether oxygens (including phenoxy) is 1. The second-order valence-electron chi connectivity index (χ2n) is 5.52. The summed E-state index contributed by atoms with van der Waals surface area (Å²) in [4.78, 5) is 0. The Labute approximate surface area is 116 Å². The van der Waals surface area contributed by atoms with Gasteiger partial charge in [0.25, 0.3) is 0 Å². The molecule has 2 N–H and O–H groups in total. The Bertz CT molecular complexity index is 425. The molecule has 3 nitrogen and oxygen atoms in total. The first-order valence-corrected chi connectivity index (χ1v) is 7.23. The third-order valence-electron chi connectivity index (χ3n) is 4.09. The predicted octanol–water partition coefficient (Wildman–Crippen LogP) is 2.71. The van der Waals surface area contributed by atoms with Crippen molar-refractivity contribution >= 4 is 0 Å². The summed E-state index contributed by atoms with van der Waals surface area (Å²) in [5.41, 5.74) is 3.86. The molecule has 0 aromatic heterocycles. The van der Waals surface area contributed by atoms with Crippen molar-refractivity contribution in [1.29, 1.82) is 0 Å². The molecule has 0 aliphatic carbocycles. The van der Waals surface area contributed by atoms with E-state index in [1.165, 1.54) is 36.0 Å². The summed E-state index contributed by atoms with van der Waals surface area (Å²) >= 11 is 0. The summed E-state index contributed by atoms with van der Waals surface area (Å²) in [6.45, 7) is 5.42. The fraction of sp³-hybridized carbons (Fsp3) is 0.625. The van der Waals surface area contributed by atoms with Crippen LogP contribution in [0.1, 0.15) is 42.0 Å². The molecule has 1 aliphatic rings. The molecule has 0 radical (unpaired) electrons. The molecule has 0 saturated carbocycles. The molecule has 0 amide bonds. The standard InChI is InChI=1S/C16H26N2O/c1-11-9-12(2)15(14(10-11)19-4)16(17-3)13-7-5-6-8-18-13/h9-10,13,16-18H,5-8H2,1-4H3. The molecular weight excluding hydrogens is 236 g/mol. The number of nitrogens with one attached hydrogen (secondary N) is 2. The summed E-state index contributed by atoms with van der Waals surface area (Å²) in [6, 6.07) is 5.19. The van der Waals surface area contributed by atoms with Crippen molar-refractivity contribution in [2.45, 2.75) is 45.2 Å². The highest BCUT2D eigenvalue weighted by molar-refractivity contribution is 5.45. The average Bonchev–Trinajstić information content (AvgIpc) is 2.42. The molecule has 2 unspecified atom stereocenters. The van der Waals surface area contributed by atoms with Crippen LogP contribution in [0.25, 0.3) is 0 Å². The lowest BCUT2D eigenvalue weighted by Crippen LogP contribution is -2.43. The largest absolute Gasteiger partial charge is 0.496 e. The lowest BCUT2D eigenvalue weighted by atomic mass is 9.89. The van der Waals surface area contributed by atoms with Crippen molar-refractivity contribution in [1.82, 2.24) is 10.6 Å². The van der Waals surface area contributed by atoms with Gasteiger partial charge in [-0.15, -0.1) is 0 Å². The number of likely N-dealkylation sites (N-methyl/N-ethyl adjacent to an activating group) is 1. The van der Waals surface area contributed by atoms with Gasteiger partial charge < -0.3 is 15.4 Å². The molecule has 1 heterocycles. The highest BCUT2D eigenvalue weighted by Gasteiger charge is 2.27. The molecule has 106 valence electrons. The van der Waals surface area contributed by atoms with E-state index in [9.17, 15) is 0 Å². The molecular formula is C16H26N2O. The van der Waals surface area contributed by atoms with Crippen LogP contribution < -0.4 is 15.4 Å². The number of piperidine rings is 1. The van der Waals surface area contributed by atoms with E-state index in [0.29, 0.717) is 12.1 Å². The fourth-order valence-corrected chi connectivity index (χ4v) is 3.22. The third kappa shape index (κ3) is 3.10. The van der Waals surface area contributed by atoms with Crippen LogP contribution in [0.2, 0.25) is 0 Å². The SMILES string of the molecule is CNC(c1c(C)cc(C)cc1OC)C1CCCCN1. The van der Waals surface area contributed by atoms with Gasteiger partial charge in [-0.25, -0.2) is 0 Å². The normalized spacial score (nSPS) is 21.2. The first-order valence-electron chi connectivity index (χ1n) is 7.23. The van der Waals surface area contributed by atoms with E-state index in [-0.39, 0.29) is 0 Å². The van der Waals surface area contributed by atoms with Gasteiger partial charge in [0.1, 0.15) is 5.75 Å². The van der Waals surface area contributed by atoms with Gasteiger partial charge in [-0.05, 0) is 57.5 Å². The molecule has 2 atom stereocenters. The maximum absolute atomic E-state index is 5.61. The van der Waals surface area contributed by atoms with Crippen molar-refractivity contribution in [2.24, 2.45) is 0 Å². The minimum Gasteiger partial charge on any atom is -0.496 e. The number of aryl methyl sites for hydroxylation is 2. The molecule has 1 aromatic rings. The lowest BCUT2D eigenvalue weighted by molar-refractivity contribution is 0.316. The Morgan fingerprint density at radius 2 is 2.11 bits per heavy atom. The van der Waals surface area contributed by atoms with Crippen molar-refractivity contribution in [3.63, 3.8) is 0 Å². The highest BCUT2D eigenvalue weighted by atomic mass is 16.5. The first kappa shape index (κ1) is 14.4. The summed E-state index contributed by atoms with van der Waals surface area (Å²) < 4.78 is 5.61. The topological polar surface area (TPSA) is 33.3 Å². The molecule has 0 bridgehead atoms. The van der Waals surface area contributed by atoms with Crippen molar-refractivity contribution in [3.05, 3.63) is 28.8 Å². The second-order valence-corrected chi connectivity index (χ2v) is 5.52. The van der Waals surface area contributed by atoms with Crippen LogP contribution in [0, 0.1) is 13.8 Å². The minimum atomic E-state index is 0.316. The van der Waals surface area contributed by atoms with Gasteiger partial charge in [0, 0.05) is 11.6 Å². The van der Waals surface area contributed by atoms with E-state index in [4.69, 9.17) is 4.74 Å². The number of benzene rings is 1. The smallest absolute Gasteiger partial charge is 0.124 e. The van der Waals surface area contributed by atoms with Crippen LogP contribution in [-0.2, 0) is 0 Å². The number of hydrogen-bond acceptors (Lipinski definition) is 3. The van der Waals surface area contributed by atoms with Crippen LogP contribution in [-0.4, -0.2) is 26.7 Å². The third-order valence-corrected chi connectivity index (χ3v) is 4.09. The van der Waals surface area contributed by atoms with Gasteiger partial charge in [-0.3, -0.25) is 0 Å². The highest BCUT2D eigenvalue weighted by Crippen LogP contribution is 2.33. The molecule has 1 aliphatic heterocycles. The first-order chi connectivity index (χ1) is 9.17. The van der Waals surface area contributed by atoms with Crippen LogP contribution >= 0.6 is 0 Å². The second kappa shape index (κ2) is 6.40.